The van der Waals surface area contributed by atoms with Gasteiger partial charge >= 0.3 is 0 Å². The molecular formula is C21H25N3O3S. The number of sulfonamides is 1. The smallest absolute Gasteiger partial charge is 0.251 e. The normalized spacial score (nSPS) is 20.2. The van der Waals surface area contributed by atoms with Gasteiger partial charge in [-0.05, 0) is 49.1 Å². The van der Waals surface area contributed by atoms with Crippen LogP contribution in [0.2, 0.25) is 0 Å². The molecule has 1 amide bonds. The van der Waals surface area contributed by atoms with Crippen molar-refractivity contribution in [1.82, 2.24) is 14.9 Å². The Kier molecular flexibility index (Phi) is 5.48. The Labute approximate surface area is 166 Å². The van der Waals surface area contributed by atoms with Crippen LogP contribution < -0.4 is 10.0 Å². The number of carbonyl (C=O) groups excluding carboxylic acids is 1. The van der Waals surface area contributed by atoms with Gasteiger partial charge in [0.15, 0.2) is 0 Å². The highest BCUT2D eigenvalue weighted by molar-refractivity contribution is 7.89. The van der Waals surface area contributed by atoms with Gasteiger partial charge in [0, 0.05) is 37.3 Å². The molecule has 2 aliphatic rings. The van der Waals surface area contributed by atoms with E-state index in [1.54, 1.807) is 12.1 Å². The van der Waals surface area contributed by atoms with Gasteiger partial charge in [0.05, 0.1) is 4.90 Å². The molecule has 6 nitrogen and oxygen atoms in total. The van der Waals surface area contributed by atoms with Gasteiger partial charge in [-0.2, -0.15) is 0 Å². The Hall–Kier alpha value is -2.22. The van der Waals surface area contributed by atoms with Crippen molar-refractivity contribution in [2.75, 3.05) is 13.1 Å². The van der Waals surface area contributed by atoms with Crippen molar-refractivity contribution in [3.63, 3.8) is 0 Å². The zero-order valence-corrected chi connectivity index (χ0v) is 16.5. The fourth-order valence-electron chi connectivity index (χ4n) is 3.48. The van der Waals surface area contributed by atoms with Gasteiger partial charge in [0.2, 0.25) is 10.0 Å². The summed E-state index contributed by atoms with van der Waals surface area (Å²) in [6.45, 7) is 2.65. The average molecular weight is 400 g/mol. The summed E-state index contributed by atoms with van der Waals surface area (Å²) in [6.07, 6.45) is 2.70. The molecule has 2 aromatic rings. The van der Waals surface area contributed by atoms with Crippen LogP contribution in [0.15, 0.2) is 59.5 Å². The summed E-state index contributed by atoms with van der Waals surface area (Å²) in [5.74, 6) is -0.161. The molecule has 0 aromatic heterocycles. The van der Waals surface area contributed by atoms with Gasteiger partial charge in [-0.25, -0.2) is 13.1 Å². The highest BCUT2D eigenvalue weighted by Crippen LogP contribution is 2.22. The number of amides is 1. The van der Waals surface area contributed by atoms with E-state index in [9.17, 15) is 13.2 Å². The van der Waals surface area contributed by atoms with E-state index in [0.717, 1.165) is 38.9 Å². The van der Waals surface area contributed by atoms with E-state index in [1.807, 2.05) is 18.2 Å². The van der Waals surface area contributed by atoms with Gasteiger partial charge in [0.1, 0.15) is 0 Å². The summed E-state index contributed by atoms with van der Waals surface area (Å²) in [5.41, 5.74) is 1.75. The third kappa shape index (κ3) is 4.79. The number of benzene rings is 2. The van der Waals surface area contributed by atoms with E-state index < -0.39 is 10.0 Å². The first kappa shape index (κ1) is 19.1. The summed E-state index contributed by atoms with van der Waals surface area (Å²) < 4.78 is 27.1. The third-order valence-corrected chi connectivity index (χ3v) is 6.72. The van der Waals surface area contributed by atoms with Crippen molar-refractivity contribution in [1.29, 1.82) is 0 Å². The zero-order chi connectivity index (χ0) is 19.6. The summed E-state index contributed by atoms with van der Waals surface area (Å²) >= 11 is 0. The lowest BCUT2D eigenvalue weighted by Gasteiger charge is -2.17. The van der Waals surface area contributed by atoms with Crippen LogP contribution in [0.4, 0.5) is 0 Å². The molecule has 2 fully saturated rings. The molecule has 28 heavy (non-hydrogen) atoms. The Balaban J connectivity index is 1.31. The maximum atomic E-state index is 12.5. The molecule has 1 saturated heterocycles. The van der Waals surface area contributed by atoms with E-state index in [1.165, 1.54) is 17.7 Å². The van der Waals surface area contributed by atoms with E-state index in [4.69, 9.17) is 0 Å². The Morgan fingerprint density at radius 1 is 0.964 bits per heavy atom. The van der Waals surface area contributed by atoms with E-state index in [-0.39, 0.29) is 22.9 Å². The van der Waals surface area contributed by atoms with Gasteiger partial charge < -0.3 is 5.32 Å². The molecule has 1 aliphatic carbocycles. The number of hydrogen-bond donors (Lipinski definition) is 2. The molecule has 2 aromatic carbocycles. The minimum Gasteiger partial charge on any atom is -0.348 e. The van der Waals surface area contributed by atoms with Gasteiger partial charge in [-0.1, -0.05) is 30.3 Å². The summed E-state index contributed by atoms with van der Waals surface area (Å²) in [6, 6.07) is 16.6. The fourth-order valence-corrected chi connectivity index (χ4v) is 4.78. The maximum absolute atomic E-state index is 12.5. The zero-order valence-electron chi connectivity index (χ0n) is 15.7. The quantitative estimate of drug-likeness (QED) is 0.748. The second-order valence-electron chi connectivity index (χ2n) is 7.60. The van der Waals surface area contributed by atoms with Crippen molar-refractivity contribution < 1.29 is 13.2 Å². The van der Waals surface area contributed by atoms with Crippen molar-refractivity contribution in [2.24, 2.45) is 0 Å². The predicted molar refractivity (Wildman–Crippen MR) is 107 cm³/mol. The van der Waals surface area contributed by atoms with Crippen LogP contribution in [0.5, 0.6) is 0 Å². The first-order chi connectivity index (χ1) is 13.5. The molecule has 148 valence electrons. The second kappa shape index (κ2) is 8.03. The molecule has 1 unspecified atom stereocenters. The topological polar surface area (TPSA) is 78.5 Å². The lowest BCUT2D eigenvalue weighted by Crippen LogP contribution is -2.37. The molecule has 0 spiro atoms. The number of likely N-dealkylation sites (tertiary alicyclic amines) is 1. The average Bonchev–Trinajstić information content (AvgIpc) is 3.39. The Morgan fingerprint density at radius 3 is 2.36 bits per heavy atom. The van der Waals surface area contributed by atoms with Crippen LogP contribution in [0.1, 0.15) is 35.2 Å². The van der Waals surface area contributed by atoms with E-state index in [0.29, 0.717) is 5.56 Å². The highest BCUT2D eigenvalue weighted by Gasteiger charge is 2.28. The first-order valence-electron chi connectivity index (χ1n) is 9.69. The van der Waals surface area contributed by atoms with E-state index >= 15 is 0 Å². The molecule has 1 aliphatic heterocycles. The molecule has 2 N–H and O–H groups in total. The largest absolute Gasteiger partial charge is 0.348 e. The standard InChI is InChI=1S/C21H25N3O3S/c25-21(17-6-10-20(11-7-17)28(26,27)23-18-8-9-18)22-19-12-13-24(15-19)14-16-4-2-1-3-5-16/h1-7,10-11,18-19,23H,8-9,12-15H2,(H,22,25). The number of nitrogens with one attached hydrogen (secondary N) is 2. The van der Waals surface area contributed by atoms with Gasteiger partial charge in [0.25, 0.3) is 5.91 Å². The molecule has 0 radical (unpaired) electrons. The molecule has 1 atom stereocenters. The van der Waals surface area contributed by atoms with Crippen molar-refractivity contribution in [3.05, 3.63) is 65.7 Å². The first-order valence-corrected chi connectivity index (χ1v) is 11.2. The molecule has 0 bridgehead atoms. The SMILES string of the molecule is O=C(NC1CCN(Cc2ccccc2)C1)c1ccc(S(=O)(=O)NC2CC2)cc1. The maximum Gasteiger partial charge on any atom is 0.251 e. The summed E-state index contributed by atoms with van der Waals surface area (Å²) in [7, 11) is -3.49. The van der Waals surface area contributed by atoms with Crippen LogP contribution in [-0.4, -0.2) is 44.4 Å². The predicted octanol–water partition coefficient (Wildman–Crippen LogP) is 2.13. The van der Waals surface area contributed by atoms with Crippen molar-refractivity contribution in [3.8, 4) is 0 Å². The van der Waals surface area contributed by atoms with Crippen molar-refractivity contribution >= 4 is 15.9 Å². The fraction of sp³-hybridized carbons (Fsp3) is 0.381. The van der Waals surface area contributed by atoms with Crippen molar-refractivity contribution in [2.45, 2.75) is 42.8 Å². The summed E-state index contributed by atoms with van der Waals surface area (Å²) in [4.78, 5) is 15.1. The Bertz CT molecular complexity index is 925. The molecule has 1 saturated carbocycles. The minimum atomic E-state index is -3.49. The van der Waals surface area contributed by atoms with Crippen LogP contribution >= 0.6 is 0 Å². The van der Waals surface area contributed by atoms with Crippen LogP contribution in [0, 0.1) is 0 Å². The minimum absolute atomic E-state index is 0.0640. The number of rotatable bonds is 7. The lowest BCUT2D eigenvalue weighted by molar-refractivity contribution is 0.0937. The summed E-state index contributed by atoms with van der Waals surface area (Å²) in [5, 5.41) is 3.07. The number of carbonyl (C=O) groups is 1. The second-order valence-corrected chi connectivity index (χ2v) is 9.31. The van der Waals surface area contributed by atoms with E-state index in [2.05, 4.69) is 27.1 Å². The van der Waals surface area contributed by atoms with Crippen LogP contribution in [-0.2, 0) is 16.6 Å². The highest BCUT2D eigenvalue weighted by atomic mass is 32.2. The molecule has 4 rings (SSSR count). The number of hydrogen-bond acceptors (Lipinski definition) is 4. The van der Waals surface area contributed by atoms with Crippen LogP contribution in [0.3, 0.4) is 0 Å². The van der Waals surface area contributed by atoms with Crippen LogP contribution in [0.25, 0.3) is 0 Å². The third-order valence-electron chi connectivity index (χ3n) is 5.18. The molecular weight excluding hydrogens is 374 g/mol. The molecule has 7 heteroatoms. The monoisotopic (exact) mass is 399 g/mol. The lowest BCUT2D eigenvalue weighted by atomic mass is 10.2. The molecule has 1 heterocycles. The number of nitrogens with zero attached hydrogens (tertiary/aromatic N) is 1. The van der Waals surface area contributed by atoms with Gasteiger partial charge in [-0.15, -0.1) is 0 Å². The Morgan fingerprint density at radius 2 is 1.68 bits per heavy atom. The van der Waals surface area contributed by atoms with Gasteiger partial charge in [-0.3, -0.25) is 9.69 Å².